The van der Waals surface area contributed by atoms with Crippen LogP contribution in [-0.4, -0.2) is 0 Å². The van der Waals surface area contributed by atoms with E-state index in [9.17, 15) is 4.39 Å². The van der Waals surface area contributed by atoms with E-state index in [2.05, 4.69) is 27.8 Å². The standard InChI is InChI=1S/C10H9BrFN/c1-3-4-7-6(2)8(11)5-9(12)10(7)13/h5H,13H2,1-2H3. The van der Waals surface area contributed by atoms with Gasteiger partial charge in [0, 0.05) is 4.47 Å². The summed E-state index contributed by atoms with van der Waals surface area (Å²) in [7, 11) is 0. The van der Waals surface area contributed by atoms with Crippen LogP contribution in [0.3, 0.4) is 0 Å². The summed E-state index contributed by atoms with van der Waals surface area (Å²) < 4.78 is 13.8. The highest BCUT2D eigenvalue weighted by molar-refractivity contribution is 9.10. The van der Waals surface area contributed by atoms with E-state index in [1.165, 1.54) is 6.07 Å². The molecule has 1 aromatic carbocycles. The van der Waals surface area contributed by atoms with Gasteiger partial charge in [-0.2, -0.15) is 0 Å². The molecule has 0 saturated heterocycles. The summed E-state index contributed by atoms with van der Waals surface area (Å²) in [6.07, 6.45) is 0. The van der Waals surface area contributed by atoms with Gasteiger partial charge in [-0.3, -0.25) is 0 Å². The fourth-order valence-corrected chi connectivity index (χ4v) is 1.42. The largest absolute Gasteiger partial charge is 0.395 e. The summed E-state index contributed by atoms with van der Waals surface area (Å²) in [5.74, 6) is 5.05. The molecule has 0 aliphatic carbocycles. The molecule has 3 heteroatoms. The van der Waals surface area contributed by atoms with Crippen molar-refractivity contribution in [1.82, 2.24) is 0 Å². The van der Waals surface area contributed by atoms with Crippen molar-refractivity contribution < 1.29 is 4.39 Å². The van der Waals surface area contributed by atoms with Gasteiger partial charge in [0.25, 0.3) is 0 Å². The van der Waals surface area contributed by atoms with Gasteiger partial charge in [0.1, 0.15) is 5.82 Å². The number of rotatable bonds is 0. The van der Waals surface area contributed by atoms with Crippen molar-refractivity contribution in [1.29, 1.82) is 0 Å². The number of nitrogen functional groups attached to an aromatic ring is 1. The maximum absolute atomic E-state index is 13.1. The van der Waals surface area contributed by atoms with Crippen LogP contribution in [-0.2, 0) is 0 Å². The monoisotopic (exact) mass is 241 g/mol. The predicted octanol–water partition coefficient (Wildman–Crippen LogP) is 2.85. The van der Waals surface area contributed by atoms with Crippen LogP contribution >= 0.6 is 15.9 Å². The highest BCUT2D eigenvalue weighted by Gasteiger charge is 2.09. The number of hydrogen-bond acceptors (Lipinski definition) is 1. The molecule has 13 heavy (non-hydrogen) atoms. The van der Waals surface area contributed by atoms with Crippen LogP contribution in [0.2, 0.25) is 0 Å². The second kappa shape index (κ2) is 3.80. The number of halogens is 2. The van der Waals surface area contributed by atoms with E-state index in [4.69, 9.17) is 5.73 Å². The first-order valence-corrected chi connectivity index (χ1v) is 4.54. The Labute approximate surface area is 85.3 Å². The second-order valence-electron chi connectivity index (χ2n) is 2.63. The SMILES string of the molecule is CC#Cc1c(C)c(Br)cc(F)c1N. The Balaban J connectivity index is 3.52. The average molecular weight is 242 g/mol. The summed E-state index contributed by atoms with van der Waals surface area (Å²) in [6.45, 7) is 3.54. The Morgan fingerprint density at radius 1 is 1.54 bits per heavy atom. The molecule has 0 amide bonds. The molecular formula is C10H9BrFN. The molecule has 0 aromatic heterocycles. The van der Waals surface area contributed by atoms with Crippen LogP contribution in [0.1, 0.15) is 18.1 Å². The number of benzene rings is 1. The highest BCUT2D eigenvalue weighted by Crippen LogP contribution is 2.26. The lowest BCUT2D eigenvalue weighted by Gasteiger charge is -2.06. The van der Waals surface area contributed by atoms with E-state index in [1.54, 1.807) is 6.92 Å². The van der Waals surface area contributed by atoms with Crippen LogP contribution in [0.5, 0.6) is 0 Å². The average Bonchev–Trinajstić information content (AvgIpc) is 2.09. The van der Waals surface area contributed by atoms with Gasteiger partial charge in [0.05, 0.1) is 11.3 Å². The number of hydrogen-bond donors (Lipinski definition) is 1. The third-order valence-corrected chi connectivity index (χ3v) is 2.59. The van der Waals surface area contributed by atoms with Gasteiger partial charge in [-0.1, -0.05) is 21.9 Å². The Kier molecular flexibility index (Phi) is 2.94. The first-order chi connectivity index (χ1) is 6.07. The van der Waals surface area contributed by atoms with Crippen molar-refractivity contribution in [2.75, 3.05) is 5.73 Å². The van der Waals surface area contributed by atoms with Gasteiger partial charge in [-0.05, 0) is 25.5 Å². The molecule has 0 aliphatic rings. The van der Waals surface area contributed by atoms with E-state index in [1.807, 2.05) is 6.92 Å². The topological polar surface area (TPSA) is 26.0 Å². The van der Waals surface area contributed by atoms with Gasteiger partial charge < -0.3 is 5.73 Å². The zero-order chi connectivity index (χ0) is 10.0. The van der Waals surface area contributed by atoms with E-state index in [-0.39, 0.29) is 5.69 Å². The minimum Gasteiger partial charge on any atom is -0.395 e. The molecule has 0 spiro atoms. The molecule has 68 valence electrons. The molecule has 1 aromatic rings. The molecule has 0 radical (unpaired) electrons. The highest BCUT2D eigenvalue weighted by atomic mass is 79.9. The van der Waals surface area contributed by atoms with Gasteiger partial charge in [-0.15, -0.1) is 5.92 Å². The molecule has 0 atom stereocenters. The van der Waals surface area contributed by atoms with E-state index < -0.39 is 5.82 Å². The molecule has 0 aliphatic heterocycles. The summed E-state index contributed by atoms with van der Waals surface area (Å²) >= 11 is 3.24. The zero-order valence-electron chi connectivity index (χ0n) is 7.41. The van der Waals surface area contributed by atoms with E-state index in [0.29, 0.717) is 10.0 Å². The summed E-state index contributed by atoms with van der Waals surface area (Å²) in [4.78, 5) is 0. The Hall–Kier alpha value is -1.01. The fraction of sp³-hybridized carbons (Fsp3) is 0.200. The minimum atomic E-state index is -0.435. The van der Waals surface area contributed by atoms with Crippen molar-refractivity contribution in [3.05, 3.63) is 27.5 Å². The number of nitrogens with two attached hydrogens (primary N) is 1. The number of anilines is 1. The fourth-order valence-electron chi connectivity index (χ4n) is 1.02. The van der Waals surface area contributed by atoms with Gasteiger partial charge in [0.15, 0.2) is 0 Å². The first-order valence-electron chi connectivity index (χ1n) is 3.74. The van der Waals surface area contributed by atoms with Crippen LogP contribution in [0, 0.1) is 24.6 Å². The Morgan fingerprint density at radius 2 is 2.15 bits per heavy atom. The maximum Gasteiger partial charge on any atom is 0.148 e. The van der Waals surface area contributed by atoms with E-state index in [0.717, 1.165) is 5.56 Å². The first kappa shape index (κ1) is 10.1. The third kappa shape index (κ3) is 1.84. The van der Waals surface area contributed by atoms with Crippen LogP contribution in [0.25, 0.3) is 0 Å². The summed E-state index contributed by atoms with van der Waals surface area (Å²) in [5.41, 5.74) is 7.09. The molecule has 1 rings (SSSR count). The summed E-state index contributed by atoms with van der Waals surface area (Å²) in [6, 6.07) is 1.35. The smallest absolute Gasteiger partial charge is 0.148 e. The quantitative estimate of drug-likeness (QED) is 0.549. The maximum atomic E-state index is 13.1. The van der Waals surface area contributed by atoms with E-state index >= 15 is 0 Å². The molecule has 0 unspecified atom stereocenters. The van der Waals surface area contributed by atoms with Crippen LogP contribution in [0.15, 0.2) is 10.5 Å². The van der Waals surface area contributed by atoms with Gasteiger partial charge in [0.2, 0.25) is 0 Å². The Bertz CT molecular complexity index is 375. The molecule has 2 N–H and O–H groups in total. The Morgan fingerprint density at radius 3 is 2.69 bits per heavy atom. The van der Waals surface area contributed by atoms with Crippen molar-refractivity contribution in [2.45, 2.75) is 13.8 Å². The van der Waals surface area contributed by atoms with Crippen LogP contribution in [0.4, 0.5) is 10.1 Å². The molecular weight excluding hydrogens is 233 g/mol. The molecule has 0 saturated carbocycles. The summed E-state index contributed by atoms with van der Waals surface area (Å²) in [5, 5.41) is 0. The van der Waals surface area contributed by atoms with Gasteiger partial charge in [-0.25, -0.2) is 4.39 Å². The van der Waals surface area contributed by atoms with Crippen molar-refractivity contribution in [2.24, 2.45) is 0 Å². The van der Waals surface area contributed by atoms with Crippen molar-refractivity contribution >= 4 is 21.6 Å². The van der Waals surface area contributed by atoms with Crippen LogP contribution < -0.4 is 5.73 Å². The van der Waals surface area contributed by atoms with Crippen molar-refractivity contribution in [3.63, 3.8) is 0 Å². The third-order valence-electron chi connectivity index (χ3n) is 1.76. The minimum absolute atomic E-state index is 0.120. The lowest BCUT2D eigenvalue weighted by molar-refractivity contribution is 0.631. The normalized spacial score (nSPS) is 9.23. The lowest BCUT2D eigenvalue weighted by atomic mass is 10.1. The lowest BCUT2D eigenvalue weighted by Crippen LogP contribution is -1.98. The molecule has 1 nitrogen and oxygen atoms in total. The molecule has 0 bridgehead atoms. The molecule has 0 fully saturated rings. The van der Waals surface area contributed by atoms with Crippen molar-refractivity contribution in [3.8, 4) is 11.8 Å². The zero-order valence-corrected chi connectivity index (χ0v) is 9.00. The molecule has 0 heterocycles. The second-order valence-corrected chi connectivity index (χ2v) is 3.48. The van der Waals surface area contributed by atoms with Gasteiger partial charge >= 0.3 is 0 Å². The predicted molar refractivity (Wildman–Crippen MR) is 55.8 cm³/mol.